The van der Waals surface area contributed by atoms with Crippen molar-refractivity contribution >= 4 is 5.78 Å². The van der Waals surface area contributed by atoms with Crippen molar-refractivity contribution in [3.05, 3.63) is 77.9 Å². The summed E-state index contributed by atoms with van der Waals surface area (Å²) in [5.41, 5.74) is 3.48. The number of hydrogen-bond donors (Lipinski definition) is 0. The zero-order chi connectivity index (χ0) is 16.9. The average molecular weight is 331 g/mol. The van der Waals surface area contributed by atoms with Gasteiger partial charge in [0.1, 0.15) is 5.78 Å². The van der Waals surface area contributed by atoms with Crippen molar-refractivity contribution in [2.45, 2.75) is 31.7 Å². The Balaban J connectivity index is 1.56. The van der Waals surface area contributed by atoms with E-state index < -0.39 is 0 Å². The summed E-state index contributed by atoms with van der Waals surface area (Å²) in [5.74, 6) is 0.321. The predicted molar refractivity (Wildman–Crippen MR) is 95.9 cm³/mol. The second kappa shape index (κ2) is 5.53. The zero-order valence-electron chi connectivity index (χ0n) is 14.1. The van der Waals surface area contributed by atoms with E-state index in [1.807, 2.05) is 18.5 Å². The fourth-order valence-electron chi connectivity index (χ4n) is 4.68. The maximum Gasteiger partial charge on any atom is 0.138 e. The number of aromatic nitrogens is 1. The van der Waals surface area contributed by atoms with Gasteiger partial charge in [-0.25, -0.2) is 5.01 Å². The normalized spacial score (nSPS) is 31.0. The van der Waals surface area contributed by atoms with Gasteiger partial charge in [0.05, 0.1) is 11.5 Å². The van der Waals surface area contributed by atoms with Gasteiger partial charge in [-0.3, -0.25) is 14.8 Å². The average Bonchev–Trinajstić information content (AvgIpc) is 3.24. The highest BCUT2D eigenvalue weighted by atomic mass is 16.1. The van der Waals surface area contributed by atoms with Crippen LogP contribution >= 0.6 is 0 Å². The van der Waals surface area contributed by atoms with Gasteiger partial charge in [-0.2, -0.15) is 0 Å². The second-order valence-electron chi connectivity index (χ2n) is 7.23. The molecule has 2 aliphatic carbocycles. The Kier molecular flexibility index (Phi) is 3.28. The molecule has 2 atom stereocenters. The number of allylic oxidation sites excluding steroid dienone is 5. The first-order valence-corrected chi connectivity index (χ1v) is 9.04. The van der Waals surface area contributed by atoms with Crippen LogP contribution in [0.4, 0.5) is 0 Å². The molecule has 4 heteroatoms. The quantitative estimate of drug-likeness (QED) is 0.828. The van der Waals surface area contributed by atoms with E-state index in [1.165, 1.54) is 23.3 Å². The summed E-state index contributed by atoms with van der Waals surface area (Å²) in [6, 6.07) is 4.52. The first kappa shape index (κ1) is 14.8. The van der Waals surface area contributed by atoms with E-state index in [-0.39, 0.29) is 5.41 Å². The van der Waals surface area contributed by atoms with Gasteiger partial charge in [-0.15, -0.1) is 0 Å². The highest BCUT2D eigenvalue weighted by molar-refractivity contribution is 5.85. The van der Waals surface area contributed by atoms with E-state index in [1.54, 1.807) is 0 Å². The monoisotopic (exact) mass is 331 g/mol. The largest absolute Gasteiger partial charge is 0.299 e. The summed E-state index contributed by atoms with van der Waals surface area (Å²) in [6.07, 6.45) is 20.1. The SMILES string of the molecule is O=C1CC=C2N(N3CCCC3c3cccnc3)C=C3C=CC=CC32C1. The van der Waals surface area contributed by atoms with E-state index in [2.05, 4.69) is 57.6 Å². The van der Waals surface area contributed by atoms with E-state index in [9.17, 15) is 4.79 Å². The lowest BCUT2D eigenvalue weighted by molar-refractivity contribution is -0.120. The molecule has 126 valence electrons. The third kappa shape index (κ3) is 2.17. The maximum atomic E-state index is 12.2. The number of pyridine rings is 1. The molecule has 1 aromatic rings. The van der Waals surface area contributed by atoms with E-state index in [0.717, 1.165) is 13.0 Å². The van der Waals surface area contributed by atoms with Gasteiger partial charge >= 0.3 is 0 Å². The highest BCUT2D eigenvalue weighted by Gasteiger charge is 2.49. The van der Waals surface area contributed by atoms with Crippen LogP contribution < -0.4 is 0 Å². The van der Waals surface area contributed by atoms with Crippen molar-refractivity contribution in [3.63, 3.8) is 0 Å². The Morgan fingerprint density at radius 3 is 3.12 bits per heavy atom. The first-order chi connectivity index (χ1) is 12.3. The molecule has 3 heterocycles. The van der Waals surface area contributed by atoms with Crippen LogP contribution in [-0.4, -0.2) is 27.3 Å². The smallest absolute Gasteiger partial charge is 0.138 e. The molecule has 2 unspecified atom stereocenters. The second-order valence-corrected chi connectivity index (χ2v) is 7.23. The third-order valence-corrected chi connectivity index (χ3v) is 5.82. The molecule has 1 fully saturated rings. The summed E-state index contributed by atoms with van der Waals surface area (Å²) in [5, 5.41) is 4.78. The molecule has 2 aliphatic heterocycles. The molecule has 0 bridgehead atoms. The van der Waals surface area contributed by atoms with Crippen molar-refractivity contribution in [1.29, 1.82) is 0 Å². The van der Waals surface area contributed by atoms with Crippen LogP contribution in [0.15, 0.2) is 72.4 Å². The molecule has 4 aliphatic rings. The van der Waals surface area contributed by atoms with Crippen LogP contribution in [0.5, 0.6) is 0 Å². The van der Waals surface area contributed by atoms with Crippen LogP contribution in [0.2, 0.25) is 0 Å². The molecule has 25 heavy (non-hydrogen) atoms. The molecular weight excluding hydrogens is 310 g/mol. The first-order valence-electron chi connectivity index (χ1n) is 9.04. The minimum atomic E-state index is -0.258. The number of ketones is 1. The molecule has 0 aromatic carbocycles. The Hall–Kier alpha value is -2.46. The summed E-state index contributed by atoms with van der Waals surface area (Å²) >= 11 is 0. The van der Waals surface area contributed by atoms with Crippen molar-refractivity contribution in [2.75, 3.05) is 6.54 Å². The van der Waals surface area contributed by atoms with Crippen LogP contribution in [0.1, 0.15) is 37.3 Å². The molecule has 1 aromatic heterocycles. The summed E-state index contributed by atoms with van der Waals surface area (Å²) in [6.45, 7) is 1.03. The molecule has 5 rings (SSSR count). The summed E-state index contributed by atoms with van der Waals surface area (Å²) in [4.78, 5) is 16.5. The minimum Gasteiger partial charge on any atom is -0.299 e. The molecule has 0 radical (unpaired) electrons. The van der Waals surface area contributed by atoms with Crippen molar-refractivity contribution in [3.8, 4) is 0 Å². The van der Waals surface area contributed by atoms with Gasteiger partial charge in [0, 0.05) is 43.7 Å². The lowest BCUT2D eigenvalue weighted by atomic mass is 9.70. The summed E-state index contributed by atoms with van der Waals surface area (Å²) < 4.78 is 0. The van der Waals surface area contributed by atoms with Crippen LogP contribution in [0, 0.1) is 5.41 Å². The minimum absolute atomic E-state index is 0.258. The Labute approximate surface area is 147 Å². The van der Waals surface area contributed by atoms with Gasteiger partial charge in [0.2, 0.25) is 0 Å². The van der Waals surface area contributed by atoms with Gasteiger partial charge in [-0.05, 0) is 30.0 Å². The summed E-state index contributed by atoms with van der Waals surface area (Å²) in [7, 11) is 0. The lowest BCUT2D eigenvalue weighted by Gasteiger charge is -2.40. The van der Waals surface area contributed by atoms with Crippen molar-refractivity contribution in [2.24, 2.45) is 5.41 Å². The van der Waals surface area contributed by atoms with E-state index in [0.29, 0.717) is 24.7 Å². The lowest BCUT2D eigenvalue weighted by Crippen LogP contribution is -2.41. The number of hydrogen-bond acceptors (Lipinski definition) is 4. The topological polar surface area (TPSA) is 36.4 Å². The van der Waals surface area contributed by atoms with Gasteiger partial charge in [-0.1, -0.05) is 36.4 Å². The van der Waals surface area contributed by atoms with E-state index in [4.69, 9.17) is 0 Å². The van der Waals surface area contributed by atoms with Crippen LogP contribution in [-0.2, 0) is 4.79 Å². The number of nitrogens with zero attached hydrogens (tertiary/aromatic N) is 3. The zero-order valence-corrected chi connectivity index (χ0v) is 14.1. The molecule has 0 amide bonds. The Morgan fingerprint density at radius 2 is 2.24 bits per heavy atom. The van der Waals surface area contributed by atoms with Gasteiger partial charge < -0.3 is 0 Å². The molecule has 0 saturated carbocycles. The van der Waals surface area contributed by atoms with Crippen molar-refractivity contribution < 1.29 is 4.79 Å². The fourth-order valence-corrected chi connectivity index (χ4v) is 4.68. The predicted octanol–water partition coefficient (Wildman–Crippen LogP) is 3.69. The standard InChI is InChI=1S/C21H21N3O/c25-18-8-9-20-21(13-18)10-2-1-6-17(21)15-24(20)23-12-4-7-19(23)16-5-3-11-22-14-16/h1-3,5-6,9-11,14-15,19H,4,7-8,12-13H2. The number of rotatable bonds is 2. The maximum absolute atomic E-state index is 12.2. The Morgan fingerprint density at radius 1 is 1.28 bits per heavy atom. The number of Topliss-reactive ketones (excluding diaryl/α,β-unsaturated/α-hetero) is 1. The molecular formula is C21H21N3O. The molecule has 1 saturated heterocycles. The Bertz CT molecular complexity index is 836. The molecule has 4 nitrogen and oxygen atoms in total. The van der Waals surface area contributed by atoms with E-state index >= 15 is 0 Å². The number of carbonyl (C=O) groups is 1. The highest BCUT2D eigenvalue weighted by Crippen LogP contribution is 2.53. The van der Waals surface area contributed by atoms with Crippen molar-refractivity contribution in [1.82, 2.24) is 15.0 Å². The fraction of sp³-hybridized carbons (Fsp3) is 0.333. The van der Waals surface area contributed by atoms with Gasteiger partial charge in [0.25, 0.3) is 0 Å². The number of carbonyl (C=O) groups excluding carboxylic acids is 1. The third-order valence-electron chi connectivity index (χ3n) is 5.82. The number of hydrazine groups is 1. The molecule has 1 spiro atoms. The van der Waals surface area contributed by atoms with Crippen LogP contribution in [0.3, 0.4) is 0 Å². The van der Waals surface area contributed by atoms with Gasteiger partial charge in [0.15, 0.2) is 0 Å². The van der Waals surface area contributed by atoms with Crippen LogP contribution in [0.25, 0.3) is 0 Å². The molecule has 0 N–H and O–H groups in total.